The Kier molecular flexibility index (Phi) is 6.71. The zero-order chi connectivity index (χ0) is 21.0. The van der Waals surface area contributed by atoms with Crippen molar-refractivity contribution in [1.82, 2.24) is 5.32 Å². The topological polar surface area (TPSA) is 75.6 Å². The molecule has 0 aromatic heterocycles. The number of aromatic hydroxyl groups is 1. The molecule has 1 saturated heterocycles. The van der Waals surface area contributed by atoms with Crippen LogP contribution in [0.4, 0.5) is 0 Å². The van der Waals surface area contributed by atoms with Crippen molar-refractivity contribution in [1.29, 1.82) is 0 Å². The predicted molar refractivity (Wildman–Crippen MR) is 119 cm³/mol. The Morgan fingerprint density at radius 3 is 2.76 bits per heavy atom. The van der Waals surface area contributed by atoms with Gasteiger partial charge in [-0.05, 0) is 48.7 Å². The summed E-state index contributed by atoms with van der Waals surface area (Å²) in [7, 11) is 0. The standard InChI is InChI=1S/C22H21NO4S2/c1-3-5-17-18(9-8-16(13(2)24)20(17)25)27-12-15-7-4-6-14(10-15)11-19-21(26)23-22(28)29-19/h4,6-11,25H,3,5,12H2,1-2H3,(H,23,26,28)/b19-11-. The van der Waals surface area contributed by atoms with Crippen LogP contribution in [-0.4, -0.2) is 21.1 Å². The molecule has 1 aliphatic rings. The predicted octanol–water partition coefficient (Wildman–Crippen LogP) is 4.62. The minimum Gasteiger partial charge on any atom is -0.507 e. The van der Waals surface area contributed by atoms with E-state index in [0.29, 0.717) is 39.1 Å². The average Bonchev–Trinajstić information content (AvgIpc) is 2.99. The van der Waals surface area contributed by atoms with Crippen LogP contribution in [0.1, 0.15) is 47.3 Å². The Bertz CT molecular complexity index is 1010. The molecule has 0 atom stereocenters. The van der Waals surface area contributed by atoms with Crippen molar-refractivity contribution in [2.24, 2.45) is 0 Å². The highest BCUT2D eigenvalue weighted by atomic mass is 32.2. The number of hydrogen-bond acceptors (Lipinski definition) is 6. The Morgan fingerprint density at radius 1 is 1.31 bits per heavy atom. The molecule has 0 bridgehead atoms. The van der Waals surface area contributed by atoms with Gasteiger partial charge >= 0.3 is 0 Å². The summed E-state index contributed by atoms with van der Waals surface area (Å²) < 4.78 is 6.41. The van der Waals surface area contributed by atoms with Gasteiger partial charge in [-0.3, -0.25) is 9.59 Å². The number of nitrogens with one attached hydrogen (secondary N) is 1. The molecule has 7 heteroatoms. The Morgan fingerprint density at radius 2 is 2.10 bits per heavy atom. The number of Topliss-reactive ketones (excluding diaryl/α,β-unsaturated/α-hetero) is 1. The largest absolute Gasteiger partial charge is 0.507 e. The molecule has 0 aliphatic carbocycles. The van der Waals surface area contributed by atoms with E-state index >= 15 is 0 Å². The number of benzene rings is 2. The highest BCUT2D eigenvalue weighted by molar-refractivity contribution is 8.26. The smallest absolute Gasteiger partial charge is 0.263 e. The number of carbonyl (C=O) groups is 2. The molecule has 3 rings (SSSR count). The van der Waals surface area contributed by atoms with Crippen molar-refractivity contribution in [2.45, 2.75) is 33.3 Å². The number of carbonyl (C=O) groups excluding carboxylic acids is 2. The molecule has 150 valence electrons. The molecule has 0 spiro atoms. The SMILES string of the molecule is CCCc1c(OCc2cccc(/C=C3\SC(=S)NC3=O)c2)ccc(C(C)=O)c1O. The van der Waals surface area contributed by atoms with Gasteiger partial charge in [0, 0.05) is 5.56 Å². The van der Waals surface area contributed by atoms with E-state index < -0.39 is 0 Å². The third-order valence-electron chi connectivity index (χ3n) is 4.40. The molecule has 1 amide bonds. The van der Waals surface area contributed by atoms with Crippen LogP contribution < -0.4 is 10.1 Å². The lowest BCUT2D eigenvalue weighted by Gasteiger charge is -2.15. The minimum absolute atomic E-state index is 0.00410. The summed E-state index contributed by atoms with van der Waals surface area (Å²) in [6, 6.07) is 11.0. The van der Waals surface area contributed by atoms with Crippen LogP contribution in [0.3, 0.4) is 0 Å². The van der Waals surface area contributed by atoms with Crippen molar-refractivity contribution in [3.8, 4) is 11.5 Å². The number of phenols is 1. The van der Waals surface area contributed by atoms with E-state index in [1.807, 2.05) is 31.2 Å². The molecular formula is C22H21NO4S2. The van der Waals surface area contributed by atoms with Crippen molar-refractivity contribution in [3.05, 3.63) is 63.6 Å². The summed E-state index contributed by atoms with van der Waals surface area (Å²) >= 11 is 6.25. The lowest BCUT2D eigenvalue weighted by Crippen LogP contribution is -2.17. The van der Waals surface area contributed by atoms with Gasteiger partial charge in [0.25, 0.3) is 5.91 Å². The van der Waals surface area contributed by atoms with Gasteiger partial charge in [-0.25, -0.2) is 0 Å². The summed E-state index contributed by atoms with van der Waals surface area (Å²) in [5.74, 6) is 0.192. The molecule has 5 nitrogen and oxygen atoms in total. The van der Waals surface area contributed by atoms with E-state index in [-0.39, 0.29) is 17.4 Å². The number of phenolic OH excluding ortho intramolecular Hbond substituents is 1. The number of thiocarbonyl (C=S) groups is 1. The summed E-state index contributed by atoms with van der Waals surface area (Å²) in [5.41, 5.74) is 2.74. The maximum absolute atomic E-state index is 11.8. The van der Waals surface area contributed by atoms with Gasteiger partial charge in [-0.2, -0.15) is 0 Å². The first-order valence-corrected chi connectivity index (χ1v) is 10.4. The van der Waals surface area contributed by atoms with Gasteiger partial charge < -0.3 is 15.2 Å². The van der Waals surface area contributed by atoms with Crippen LogP contribution in [0.2, 0.25) is 0 Å². The van der Waals surface area contributed by atoms with E-state index in [2.05, 4.69) is 5.32 Å². The second-order valence-corrected chi connectivity index (χ2v) is 8.35. The maximum Gasteiger partial charge on any atom is 0.263 e. The molecule has 2 aromatic rings. The van der Waals surface area contributed by atoms with Crippen molar-refractivity contribution in [3.63, 3.8) is 0 Å². The van der Waals surface area contributed by atoms with Crippen molar-refractivity contribution in [2.75, 3.05) is 0 Å². The first kappa shape index (κ1) is 21.1. The first-order chi connectivity index (χ1) is 13.9. The third-order valence-corrected chi connectivity index (χ3v) is 5.57. The Hall–Kier alpha value is -2.64. The van der Waals surface area contributed by atoms with E-state index in [9.17, 15) is 14.7 Å². The molecule has 2 aromatic carbocycles. The zero-order valence-electron chi connectivity index (χ0n) is 16.2. The minimum atomic E-state index is -0.188. The molecule has 0 radical (unpaired) electrons. The molecule has 1 fully saturated rings. The van der Waals surface area contributed by atoms with Crippen molar-refractivity contribution < 1.29 is 19.4 Å². The van der Waals surface area contributed by atoms with Crippen LogP contribution >= 0.6 is 24.0 Å². The van der Waals surface area contributed by atoms with Crippen LogP contribution in [0.25, 0.3) is 6.08 Å². The molecule has 1 aliphatic heterocycles. The van der Waals surface area contributed by atoms with Crippen LogP contribution in [0.15, 0.2) is 41.3 Å². The van der Waals surface area contributed by atoms with E-state index in [4.69, 9.17) is 17.0 Å². The highest BCUT2D eigenvalue weighted by Gasteiger charge is 2.22. The maximum atomic E-state index is 11.8. The van der Waals surface area contributed by atoms with E-state index in [0.717, 1.165) is 17.5 Å². The average molecular weight is 428 g/mol. The molecule has 0 saturated carbocycles. The van der Waals surface area contributed by atoms with Gasteiger partial charge in [-0.1, -0.05) is 55.5 Å². The molecular weight excluding hydrogens is 406 g/mol. The number of ketones is 1. The summed E-state index contributed by atoms with van der Waals surface area (Å²) in [5, 5.41) is 13.1. The summed E-state index contributed by atoms with van der Waals surface area (Å²) in [6.45, 7) is 3.73. The second-order valence-electron chi connectivity index (χ2n) is 6.63. The number of rotatable bonds is 7. The van der Waals surface area contributed by atoms with Crippen LogP contribution in [0, 0.1) is 0 Å². The Labute approximate surface area is 179 Å². The van der Waals surface area contributed by atoms with Gasteiger partial charge in [0.15, 0.2) is 5.78 Å². The monoisotopic (exact) mass is 427 g/mol. The normalized spacial score (nSPS) is 14.9. The van der Waals surface area contributed by atoms with Gasteiger partial charge in [0.2, 0.25) is 0 Å². The Balaban J connectivity index is 1.79. The van der Waals surface area contributed by atoms with Gasteiger partial charge in [0.05, 0.1) is 10.5 Å². The van der Waals surface area contributed by atoms with Crippen molar-refractivity contribution >= 4 is 46.1 Å². The lowest BCUT2D eigenvalue weighted by molar-refractivity contribution is -0.115. The molecule has 2 N–H and O–H groups in total. The summed E-state index contributed by atoms with van der Waals surface area (Å²) in [4.78, 5) is 24.1. The molecule has 1 heterocycles. The van der Waals surface area contributed by atoms with Gasteiger partial charge in [0.1, 0.15) is 22.4 Å². The first-order valence-electron chi connectivity index (χ1n) is 9.21. The number of ether oxygens (including phenoxy) is 1. The lowest BCUT2D eigenvalue weighted by atomic mass is 10.0. The highest BCUT2D eigenvalue weighted by Crippen LogP contribution is 2.33. The number of thioether (sulfide) groups is 1. The fourth-order valence-electron chi connectivity index (χ4n) is 3.03. The van der Waals surface area contributed by atoms with Gasteiger partial charge in [-0.15, -0.1) is 0 Å². The number of amides is 1. The second kappa shape index (κ2) is 9.24. The number of hydrogen-bond donors (Lipinski definition) is 2. The van der Waals surface area contributed by atoms with Crippen LogP contribution in [-0.2, 0) is 17.8 Å². The zero-order valence-corrected chi connectivity index (χ0v) is 17.8. The third kappa shape index (κ3) is 5.05. The fraction of sp³-hybridized carbons (Fsp3) is 0.227. The van der Waals surface area contributed by atoms with E-state index in [1.54, 1.807) is 18.2 Å². The summed E-state index contributed by atoms with van der Waals surface area (Å²) in [6.07, 6.45) is 3.22. The quantitative estimate of drug-likeness (QED) is 0.382. The molecule has 29 heavy (non-hydrogen) atoms. The fourth-order valence-corrected chi connectivity index (χ4v) is 4.08. The van der Waals surface area contributed by atoms with Crippen LogP contribution in [0.5, 0.6) is 11.5 Å². The van der Waals surface area contributed by atoms with E-state index in [1.165, 1.54) is 18.7 Å². The molecule has 0 unspecified atom stereocenters.